The Bertz CT molecular complexity index is 711. The van der Waals surface area contributed by atoms with Gasteiger partial charge in [-0.2, -0.15) is 0 Å². The third-order valence-corrected chi connectivity index (χ3v) is 3.23. The molecule has 2 rings (SSSR count). The van der Waals surface area contributed by atoms with E-state index in [0.29, 0.717) is 24.4 Å². The van der Waals surface area contributed by atoms with E-state index in [4.69, 9.17) is 9.84 Å². The van der Waals surface area contributed by atoms with Crippen molar-refractivity contribution in [3.8, 4) is 5.88 Å². The smallest absolute Gasteiger partial charge is 0.335 e. The van der Waals surface area contributed by atoms with E-state index in [9.17, 15) is 9.59 Å². The van der Waals surface area contributed by atoms with Crippen LogP contribution < -0.4 is 10.1 Å². The molecule has 0 saturated heterocycles. The third kappa shape index (κ3) is 5.08. The topological polar surface area (TPSA) is 88.5 Å². The summed E-state index contributed by atoms with van der Waals surface area (Å²) in [7, 11) is 0. The van der Waals surface area contributed by atoms with Crippen molar-refractivity contribution in [2.45, 2.75) is 26.4 Å². The van der Waals surface area contributed by atoms with Crippen LogP contribution in [-0.4, -0.2) is 34.6 Å². The minimum Gasteiger partial charge on any atom is -0.478 e. The molecule has 6 heteroatoms. The van der Waals surface area contributed by atoms with E-state index >= 15 is 0 Å². The molecule has 2 N–H and O–H groups in total. The molecule has 0 spiro atoms. The van der Waals surface area contributed by atoms with Crippen LogP contribution in [-0.2, 0) is 6.42 Å². The summed E-state index contributed by atoms with van der Waals surface area (Å²) >= 11 is 0. The average Bonchev–Trinajstić information content (AvgIpc) is 2.55. The number of ether oxygens (including phenoxy) is 1. The Labute approximate surface area is 140 Å². The lowest BCUT2D eigenvalue weighted by atomic mass is 10.1. The zero-order valence-corrected chi connectivity index (χ0v) is 13.7. The molecule has 0 aliphatic rings. The second-order valence-electron chi connectivity index (χ2n) is 5.56. The number of carbonyl (C=O) groups excluding carboxylic acids is 1. The number of nitrogens with one attached hydrogen (secondary N) is 1. The standard InChI is InChI=1S/C18H20N2O4/c1-12(2)24-16-7-6-15(11-20-16)17(21)19-9-8-13-4-3-5-14(10-13)18(22)23/h3-7,10-12H,8-9H2,1-2H3,(H,19,21)(H,22,23). The predicted molar refractivity (Wildman–Crippen MR) is 89.4 cm³/mol. The molecular formula is C18H20N2O4. The lowest BCUT2D eigenvalue weighted by molar-refractivity contribution is 0.0696. The summed E-state index contributed by atoms with van der Waals surface area (Å²) in [5, 5.41) is 11.8. The monoisotopic (exact) mass is 328 g/mol. The molecule has 0 aliphatic heterocycles. The predicted octanol–water partition coefficient (Wildman–Crippen LogP) is 2.54. The molecule has 6 nitrogen and oxygen atoms in total. The molecule has 0 saturated carbocycles. The third-order valence-electron chi connectivity index (χ3n) is 3.23. The summed E-state index contributed by atoms with van der Waals surface area (Å²) in [4.78, 5) is 27.1. The number of carboxylic acid groups (broad SMARTS) is 1. The van der Waals surface area contributed by atoms with E-state index in [1.54, 1.807) is 24.3 Å². The van der Waals surface area contributed by atoms with Crippen molar-refractivity contribution in [3.63, 3.8) is 0 Å². The summed E-state index contributed by atoms with van der Waals surface area (Å²) in [5.41, 5.74) is 1.54. The first kappa shape index (κ1) is 17.5. The Morgan fingerprint density at radius 1 is 1.21 bits per heavy atom. The average molecular weight is 328 g/mol. The van der Waals surface area contributed by atoms with Gasteiger partial charge in [-0.3, -0.25) is 4.79 Å². The summed E-state index contributed by atoms with van der Waals surface area (Å²) in [5.74, 6) is -0.712. The number of pyridine rings is 1. The lowest BCUT2D eigenvalue weighted by Gasteiger charge is -2.09. The van der Waals surface area contributed by atoms with Gasteiger partial charge in [-0.15, -0.1) is 0 Å². The molecule has 126 valence electrons. The van der Waals surface area contributed by atoms with Gasteiger partial charge in [0.2, 0.25) is 5.88 Å². The van der Waals surface area contributed by atoms with Crippen molar-refractivity contribution < 1.29 is 19.4 Å². The molecular weight excluding hydrogens is 308 g/mol. The minimum absolute atomic E-state index is 0.0266. The molecule has 1 aromatic carbocycles. The number of rotatable bonds is 7. The number of amides is 1. The number of nitrogens with zero attached hydrogens (tertiary/aromatic N) is 1. The van der Waals surface area contributed by atoms with Crippen molar-refractivity contribution >= 4 is 11.9 Å². The molecule has 0 fully saturated rings. The van der Waals surface area contributed by atoms with Gasteiger partial charge < -0.3 is 15.2 Å². The molecule has 1 aromatic heterocycles. The van der Waals surface area contributed by atoms with Gasteiger partial charge in [-0.25, -0.2) is 9.78 Å². The van der Waals surface area contributed by atoms with Gasteiger partial charge in [0, 0.05) is 18.8 Å². The maximum Gasteiger partial charge on any atom is 0.335 e. The Morgan fingerprint density at radius 3 is 2.62 bits per heavy atom. The largest absolute Gasteiger partial charge is 0.478 e. The van der Waals surface area contributed by atoms with Gasteiger partial charge in [-0.1, -0.05) is 12.1 Å². The number of benzene rings is 1. The normalized spacial score (nSPS) is 10.5. The van der Waals surface area contributed by atoms with Crippen molar-refractivity contribution in [1.29, 1.82) is 0 Å². The van der Waals surface area contributed by atoms with Crippen molar-refractivity contribution in [2.75, 3.05) is 6.54 Å². The van der Waals surface area contributed by atoms with E-state index in [2.05, 4.69) is 10.3 Å². The van der Waals surface area contributed by atoms with E-state index in [-0.39, 0.29) is 17.6 Å². The number of carbonyl (C=O) groups is 2. The highest BCUT2D eigenvalue weighted by Crippen LogP contribution is 2.10. The van der Waals surface area contributed by atoms with Gasteiger partial charge in [0.25, 0.3) is 5.91 Å². The first-order chi connectivity index (χ1) is 11.5. The molecule has 0 unspecified atom stereocenters. The molecule has 0 radical (unpaired) electrons. The highest BCUT2D eigenvalue weighted by Gasteiger charge is 2.08. The van der Waals surface area contributed by atoms with E-state index in [1.165, 1.54) is 12.3 Å². The molecule has 2 aromatic rings. The molecule has 0 atom stereocenters. The van der Waals surface area contributed by atoms with Crippen LogP contribution in [0.2, 0.25) is 0 Å². The Morgan fingerprint density at radius 2 is 2.00 bits per heavy atom. The van der Waals surface area contributed by atoms with Crippen LogP contribution in [0, 0.1) is 0 Å². The highest BCUT2D eigenvalue weighted by molar-refractivity contribution is 5.93. The number of hydrogen-bond acceptors (Lipinski definition) is 4. The molecule has 24 heavy (non-hydrogen) atoms. The summed E-state index contributed by atoms with van der Waals surface area (Å²) in [6, 6.07) is 9.98. The summed E-state index contributed by atoms with van der Waals surface area (Å²) in [6.07, 6.45) is 2.05. The van der Waals surface area contributed by atoms with Crippen LogP contribution in [0.5, 0.6) is 5.88 Å². The molecule has 0 bridgehead atoms. The second kappa shape index (κ2) is 8.10. The van der Waals surface area contributed by atoms with Crippen LogP contribution in [0.25, 0.3) is 0 Å². The van der Waals surface area contributed by atoms with Crippen LogP contribution in [0.1, 0.15) is 40.1 Å². The summed E-state index contributed by atoms with van der Waals surface area (Å²) in [6.45, 7) is 4.22. The second-order valence-corrected chi connectivity index (χ2v) is 5.56. The first-order valence-electron chi connectivity index (χ1n) is 7.69. The maximum absolute atomic E-state index is 12.1. The van der Waals surface area contributed by atoms with Crippen molar-refractivity contribution in [2.24, 2.45) is 0 Å². The minimum atomic E-state index is -0.962. The SMILES string of the molecule is CC(C)Oc1ccc(C(=O)NCCc2cccc(C(=O)O)c2)cn1. The number of aromatic nitrogens is 1. The quantitative estimate of drug-likeness (QED) is 0.815. The van der Waals surface area contributed by atoms with Crippen LogP contribution >= 0.6 is 0 Å². The fraction of sp³-hybridized carbons (Fsp3) is 0.278. The fourth-order valence-corrected chi connectivity index (χ4v) is 2.11. The van der Waals surface area contributed by atoms with Crippen molar-refractivity contribution in [3.05, 3.63) is 59.3 Å². The van der Waals surface area contributed by atoms with Gasteiger partial charge in [0.1, 0.15) is 0 Å². The summed E-state index contributed by atoms with van der Waals surface area (Å²) < 4.78 is 5.43. The van der Waals surface area contributed by atoms with E-state index in [0.717, 1.165) is 5.56 Å². The number of hydrogen-bond donors (Lipinski definition) is 2. The Kier molecular flexibility index (Phi) is 5.89. The number of aromatic carboxylic acids is 1. The van der Waals surface area contributed by atoms with Gasteiger partial charge in [0.05, 0.1) is 17.2 Å². The van der Waals surface area contributed by atoms with Crippen LogP contribution in [0.3, 0.4) is 0 Å². The molecule has 0 aliphatic carbocycles. The maximum atomic E-state index is 12.1. The van der Waals surface area contributed by atoms with Crippen LogP contribution in [0.4, 0.5) is 0 Å². The zero-order valence-electron chi connectivity index (χ0n) is 13.7. The van der Waals surface area contributed by atoms with E-state index in [1.807, 2.05) is 19.9 Å². The number of carboxylic acids is 1. The van der Waals surface area contributed by atoms with Gasteiger partial charge >= 0.3 is 5.97 Å². The Balaban J connectivity index is 1.87. The van der Waals surface area contributed by atoms with Gasteiger partial charge in [-0.05, 0) is 44.0 Å². The molecule has 1 heterocycles. The first-order valence-corrected chi connectivity index (χ1v) is 7.69. The van der Waals surface area contributed by atoms with E-state index < -0.39 is 5.97 Å². The van der Waals surface area contributed by atoms with Crippen molar-refractivity contribution in [1.82, 2.24) is 10.3 Å². The van der Waals surface area contributed by atoms with Gasteiger partial charge in [0.15, 0.2) is 0 Å². The fourth-order valence-electron chi connectivity index (χ4n) is 2.11. The lowest BCUT2D eigenvalue weighted by Crippen LogP contribution is -2.25. The van der Waals surface area contributed by atoms with Crippen LogP contribution in [0.15, 0.2) is 42.6 Å². The highest BCUT2D eigenvalue weighted by atomic mass is 16.5. The Hall–Kier alpha value is -2.89. The zero-order chi connectivity index (χ0) is 17.5. The molecule has 1 amide bonds.